The van der Waals surface area contributed by atoms with Crippen molar-refractivity contribution in [2.45, 2.75) is 72.2 Å². The summed E-state index contributed by atoms with van der Waals surface area (Å²) in [6, 6.07) is 4.68. The number of nitrogens with two attached hydrogens (primary N) is 1. The Bertz CT molecular complexity index is 787. The number of amides is 2. The molecule has 2 rings (SSSR count). The number of nitrogens with one attached hydrogen (secondary N) is 2. The van der Waals surface area contributed by atoms with Gasteiger partial charge in [-0.3, -0.25) is 19.2 Å². The van der Waals surface area contributed by atoms with Crippen LogP contribution in [0.4, 0.5) is 5.69 Å². The number of hydrogen-bond donors (Lipinski definition) is 4. The molecule has 1 aliphatic rings. The number of anilines is 1. The lowest BCUT2D eigenvalue weighted by Gasteiger charge is -2.28. The van der Waals surface area contributed by atoms with Gasteiger partial charge in [0.2, 0.25) is 6.41 Å². The Hall–Kier alpha value is -2.69. The van der Waals surface area contributed by atoms with Gasteiger partial charge in [-0.05, 0) is 49.8 Å². The van der Waals surface area contributed by atoms with Crippen molar-refractivity contribution < 1.29 is 29.1 Å². The average molecular weight is 501 g/mol. The van der Waals surface area contributed by atoms with Gasteiger partial charge in [0.15, 0.2) is 6.23 Å². The SMILES string of the molecule is CC(NC(=O)c1ccc(N)c(Cl)c1)C(C)(C)C.CCC(C=O)NOC1CCCN1C=O.O=CO. The van der Waals surface area contributed by atoms with Gasteiger partial charge in [0, 0.05) is 18.2 Å². The van der Waals surface area contributed by atoms with Gasteiger partial charge in [0.05, 0.1) is 16.8 Å². The summed E-state index contributed by atoms with van der Waals surface area (Å²) >= 11 is 5.88. The molecular weight excluding hydrogens is 464 g/mol. The molecule has 0 saturated carbocycles. The van der Waals surface area contributed by atoms with Crippen LogP contribution in [0.3, 0.4) is 0 Å². The number of nitrogens with zero attached hydrogens (tertiary/aromatic N) is 1. The molecule has 0 aliphatic carbocycles. The van der Waals surface area contributed by atoms with E-state index in [2.05, 4.69) is 31.6 Å². The Morgan fingerprint density at radius 2 is 1.97 bits per heavy atom. The zero-order valence-corrected chi connectivity index (χ0v) is 21.2. The number of carboxylic acid groups (broad SMARTS) is 1. The fourth-order valence-electron chi connectivity index (χ4n) is 2.54. The Balaban J connectivity index is 0.000000582. The van der Waals surface area contributed by atoms with Gasteiger partial charge in [0.1, 0.15) is 6.29 Å². The van der Waals surface area contributed by atoms with E-state index in [-0.39, 0.29) is 36.1 Å². The van der Waals surface area contributed by atoms with E-state index in [9.17, 15) is 14.4 Å². The van der Waals surface area contributed by atoms with Crippen LogP contribution in [-0.2, 0) is 19.2 Å². The monoisotopic (exact) mass is 500 g/mol. The van der Waals surface area contributed by atoms with Crippen LogP contribution >= 0.6 is 11.6 Å². The van der Waals surface area contributed by atoms with Crippen LogP contribution in [0.15, 0.2) is 18.2 Å². The predicted molar refractivity (Wildman–Crippen MR) is 131 cm³/mol. The molecule has 2 amide bonds. The number of carbonyl (C=O) groups is 4. The van der Waals surface area contributed by atoms with Crippen LogP contribution in [0.5, 0.6) is 0 Å². The predicted octanol–water partition coefficient (Wildman–Crippen LogP) is 2.85. The number of likely N-dealkylation sites (tertiary alicyclic amines) is 1. The summed E-state index contributed by atoms with van der Waals surface area (Å²) in [6.45, 7) is 10.6. The summed E-state index contributed by atoms with van der Waals surface area (Å²) in [6.07, 6.45) is 3.81. The summed E-state index contributed by atoms with van der Waals surface area (Å²) in [7, 11) is 0. The molecule has 5 N–H and O–H groups in total. The maximum absolute atomic E-state index is 12.0. The zero-order valence-electron chi connectivity index (χ0n) is 20.4. The Kier molecular flexibility index (Phi) is 14.8. The van der Waals surface area contributed by atoms with Crippen molar-refractivity contribution in [2.75, 3.05) is 12.3 Å². The third kappa shape index (κ3) is 11.4. The first-order chi connectivity index (χ1) is 15.9. The molecule has 192 valence electrons. The molecular formula is C23H37ClN4O6. The van der Waals surface area contributed by atoms with Gasteiger partial charge in [-0.1, -0.05) is 39.3 Å². The minimum Gasteiger partial charge on any atom is -0.483 e. The number of benzene rings is 1. The topological polar surface area (TPSA) is 151 Å². The first-order valence-corrected chi connectivity index (χ1v) is 11.3. The minimum absolute atomic E-state index is 0.0211. The second-order valence-electron chi connectivity index (χ2n) is 8.73. The fraction of sp³-hybridized carbons (Fsp3) is 0.565. The second-order valence-corrected chi connectivity index (χ2v) is 9.14. The largest absolute Gasteiger partial charge is 0.483 e. The molecule has 10 nitrogen and oxygen atoms in total. The number of carbonyl (C=O) groups excluding carboxylic acids is 3. The molecule has 1 aromatic rings. The van der Waals surface area contributed by atoms with E-state index in [1.165, 1.54) is 0 Å². The number of halogens is 1. The van der Waals surface area contributed by atoms with Crippen LogP contribution in [0.25, 0.3) is 0 Å². The third-order valence-electron chi connectivity index (χ3n) is 5.24. The van der Waals surface area contributed by atoms with Gasteiger partial charge in [-0.15, -0.1) is 0 Å². The van der Waals surface area contributed by atoms with Crippen LogP contribution in [-0.4, -0.2) is 59.9 Å². The van der Waals surface area contributed by atoms with E-state index >= 15 is 0 Å². The molecule has 0 spiro atoms. The summed E-state index contributed by atoms with van der Waals surface area (Å²) in [5.74, 6) is -0.130. The van der Waals surface area contributed by atoms with E-state index in [1.807, 2.05) is 13.8 Å². The molecule has 1 fully saturated rings. The lowest BCUT2D eigenvalue weighted by Crippen LogP contribution is -2.41. The molecule has 1 heterocycles. The van der Waals surface area contributed by atoms with Gasteiger partial charge < -0.3 is 25.9 Å². The normalized spacial score (nSPS) is 16.6. The van der Waals surface area contributed by atoms with E-state index in [0.717, 1.165) is 32.1 Å². The van der Waals surface area contributed by atoms with Crippen LogP contribution in [0.2, 0.25) is 5.02 Å². The van der Waals surface area contributed by atoms with Crippen molar-refractivity contribution in [1.82, 2.24) is 15.7 Å². The lowest BCUT2D eigenvalue weighted by atomic mass is 9.88. The van der Waals surface area contributed by atoms with Crippen LogP contribution in [0, 0.1) is 5.41 Å². The molecule has 1 saturated heterocycles. The summed E-state index contributed by atoms with van der Waals surface area (Å²) in [5, 5.41) is 10.2. The van der Waals surface area contributed by atoms with E-state index in [4.69, 9.17) is 32.1 Å². The van der Waals surface area contributed by atoms with E-state index in [0.29, 0.717) is 22.7 Å². The maximum Gasteiger partial charge on any atom is 0.290 e. The smallest absolute Gasteiger partial charge is 0.290 e. The highest BCUT2D eigenvalue weighted by Crippen LogP contribution is 2.22. The Morgan fingerprint density at radius 1 is 1.35 bits per heavy atom. The number of aldehydes is 1. The van der Waals surface area contributed by atoms with Crippen molar-refractivity contribution >= 4 is 42.4 Å². The average Bonchev–Trinajstić information content (AvgIpc) is 3.24. The first kappa shape index (κ1) is 31.3. The minimum atomic E-state index is -0.288. The fourth-order valence-corrected chi connectivity index (χ4v) is 2.72. The highest BCUT2D eigenvalue weighted by atomic mass is 35.5. The summed E-state index contributed by atoms with van der Waals surface area (Å²) in [5.41, 5.74) is 9.28. The molecule has 0 radical (unpaired) electrons. The van der Waals surface area contributed by atoms with Crippen LogP contribution in [0.1, 0.15) is 64.2 Å². The van der Waals surface area contributed by atoms with Crippen LogP contribution < -0.4 is 16.5 Å². The molecule has 0 bridgehead atoms. The van der Waals surface area contributed by atoms with E-state index in [1.54, 1.807) is 23.1 Å². The van der Waals surface area contributed by atoms with Crippen molar-refractivity contribution in [3.63, 3.8) is 0 Å². The van der Waals surface area contributed by atoms with Gasteiger partial charge in [-0.25, -0.2) is 0 Å². The number of rotatable bonds is 8. The van der Waals surface area contributed by atoms with Gasteiger partial charge in [0.25, 0.3) is 12.4 Å². The zero-order chi connectivity index (χ0) is 26.3. The highest BCUT2D eigenvalue weighted by Gasteiger charge is 2.24. The molecule has 1 aliphatic heterocycles. The summed E-state index contributed by atoms with van der Waals surface area (Å²) in [4.78, 5) is 48.2. The molecule has 3 unspecified atom stereocenters. The first-order valence-electron chi connectivity index (χ1n) is 11.0. The number of hydrogen-bond acceptors (Lipinski definition) is 7. The Labute approximate surface area is 206 Å². The quantitative estimate of drug-likeness (QED) is 0.241. The molecule has 0 aromatic heterocycles. The molecule has 1 aromatic carbocycles. The molecule has 11 heteroatoms. The molecule has 34 heavy (non-hydrogen) atoms. The van der Waals surface area contributed by atoms with Gasteiger partial charge in [-0.2, -0.15) is 5.48 Å². The maximum atomic E-state index is 12.0. The Morgan fingerprint density at radius 3 is 2.44 bits per heavy atom. The highest BCUT2D eigenvalue weighted by molar-refractivity contribution is 6.33. The van der Waals surface area contributed by atoms with E-state index < -0.39 is 0 Å². The van der Waals surface area contributed by atoms with Crippen molar-refractivity contribution in [3.05, 3.63) is 28.8 Å². The number of hydroxylamine groups is 1. The van der Waals surface area contributed by atoms with Crippen molar-refractivity contribution in [2.24, 2.45) is 5.41 Å². The second kappa shape index (κ2) is 16.0. The van der Waals surface area contributed by atoms with Crippen molar-refractivity contribution in [1.29, 1.82) is 0 Å². The standard InChI is InChI=1S/C13H19ClN2O.C9H16N2O3.CH2O2/c1-8(13(2,3)4)16-12(17)9-5-6-11(15)10(14)7-9;1-2-8(6-12)10-14-9-4-3-5-11(9)7-13;2-1-3/h5-8H,15H2,1-4H3,(H,16,17);6-10H,2-5H2,1H3;1H,(H,2,3). The third-order valence-corrected chi connectivity index (χ3v) is 5.57. The molecule has 3 atom stereocenters. The van der Waals surface area contributed by atoms with Crippen molar-refractivity contribution in [3.8, 4) is 0 Å². The lowest BCUT2D eigenvalue weighted by molar-refractivity contribution is -0.141. The van der Waals surface area contributed by atoms with Gasteiger partial charge >= 0.3 is 0 Å². The number of nitrogen functional groups attached to an aromatic ring is 1. The summed E-state index contributed by atoms with van der Waals surface area (Å²) < 4.78 is 0.